The van der Waals surface area contributed by atoms with Gasteiger partial charge in [0.25, 0.3) is 0 Å². The summed E-state index contributed by atoms with van der Waals surface area (Å²) in [6, 6.07) is 9.27. The Hall–Kier alpha value is -4.73. The Morgan fingerprint density at radius 2 is 1.94 bits per heavy atom. The number of ether oxygens (including phenoxy) is 4. The van der Waals surface area contributed by atoms with E-state index >= 15 is 0 Å². The molecule has 1 aromatic carbocycles. The maximum absolute atomic E-state index is 5.69. The number of aromatic nitrogens is 4. The molecule has 0 saturated heterocycles. The summed E-state index contributed by atoms with van der Waals surface area (Å²) < 4.78 is 21.8. The van der Waals surface area contributed by atoms with Crippen molar-refractivity contribution in [2.24, 2.45) is 0 Å². The Bertz CT molecular complexity index is 1300. The van der Waals surface area contributed by atoms with Gasteiger partial charge in [0.2, 0.25) is 11.8 Å². The van der Waals surface area contributed by atoms with Gasteiger partial charge in [-0.25, -0.2) is 4.98 Å². The van der Waals surface area contributed by atoms with E-state index in [1.54, 1.807) is 26.5 Å². The van der Waals surface area contributed by atoms with Crippen LogP contribution in [0, 0.1) is 0 Å². The zero-order valence-electron chi connectivity index (χ0n) is 19.3. The van der Waals surface area contributed by atoms with Crippen LogP contribution in [0.1, 0.15) is 12.8 Å². The summed E-state index contributed by atoms with van der Waals surface area (Å²) >= 11 is 0. The lowest BCUT2D eigenvalue weighted by Gasteiger charge is -2.27. The third-order valence-electron chi connectivity index (χ3n) is 5.35. The standard InChI is InChI=1S/C25H24N6O4/c1-32-19-13-17(14-20(15-19)33-2)27-23-21(9-6-10-26-23)24-28-25(30-29-24)31(18-7-4-3-5-8-18)22-16-34-11-12-35-22/h3-4,6-7,9-16H,5,8H2,1-2H3,(H,26,27)(H,28,29,30). The zero-order valence-corrected chi connectivity index (χ0v) is 19.3. The van der Waals surface area contributed by atoms with E-state index in [1.165, 1.54) is 18.8 Å². The van der Waals surface area contributed by atoms with E-state index in [4.69, 9.17) is 18.9 Å². The first-order chi connectivity index (χ1) is 17.2. The van der Waals surface area contributed by atoms with E-state index < -0.39 is 0 Å². The molecular weight excluding hydrogens is 448 g/mol. The maximum Gasteiger partial charge on any atom is 0.242 e. The van der Waals surface area contributed by atoms with Crippen molar-refractivity contribution < 1.29 is 18.9 Å². The largest absolute Gasteiger partial charge is 0.497 e. The van der Waals surface area contributed by atoms with Gasteiger partial charge < -0.3 is 29.2 Å². The molecule has 0 atom stereocenters. The van der Waals surface area contributed by atoms with Crippen LogP contribution in [-0.2, 0) is 9.47 Å². The quantitative estimate of drug-likeness (QED) is 0.469. The number of nitrogens with zero attached hydrogens (tertiary/aromatic N) is 4. The minimum absolute atomic E-state index is 0.477. The van der Waals surface area contributed by atoms with E-state index in [-0.39, 0.29) is 0 Å². The number of aromatic amines is 1. The maximum atomic E-state index is 5.69. The van der Waals surface area contributed by atoms with Crippen molar-refractivity contribution in [1.29, 1.82) is 0 Å². The molecule has 2 N–H and O–H groups in total. The van der Waals surface area contributed by atoms with Gasteiger partial charge in [-0.3, -0.25) is 4.90 Å². The number of nitrogens with one attached hydrogen (secondary N) is 2. The summed E-state index contributed by atoms with van der Waals surface area (Å²) in [5.74, 6) is 3.42. The third-order valence-corrected chi connectivity index (χ3v) is 5.35. The zero-order chi connectivity index (χ0) is 24.0. The molecule has 0 unspecified atom stereocenters. The number of hydrogen-bond acceptors (Lipinski definition) is 9. The lowest BCUT2D eigenvalue weighted by molar-refractivity contribution is 0.250. The lowest BCUT2D eigenvalue weighted by atomic mass is 10.1. The van der Waals surface area contributed by atoms with Crippen molar-refractivity contribution >= 4 is 17.5 Å². The molecule has 10 nitrogen and oxygen atoms in total. The average molecular weight is 473 g/mol. The fraction of sp³-hybridized carbons (Fsp3) is 0.160. The third kappa shape index (κ3) is 4.81. The van der Waals surface area contributed by atoms with E-state index in [2.05, 4.69) is 31.6 Å². The van der Waals surface area contributed by atoms with Gasteiger partial charge in [0.15, 0.2) is 12.1 Å². The van der Waals surface area contributed by atoms with Gasteiger partial charge in [0, 0.05) is 35.8 Å². The van der Waals surface area contributed by atoms with E-state index in [1.807, 2.05) is 41.3 Å². The minimum atomic E-state index is 0.477. The first-order valence-electron chi connectivity index (χ1n) is 11.0. The predicted molar refractivity (Wildman–Crippen MR) is 131 cm³/mol. The second kappa shape index (κ2) is 10.0. The molecule has 2 aliphatic rings. The lowest BCUT2D eigenvalue weighted by Crippen LogP contribution is -2.25. The van der Waals surface area contributed by atoms with Gasteiger partial charge in [0.1, 0.15) is 29.8 Å². The van der Waals surface area contributed by atoms with Crippen LogP contribution in [-0.4, -0.2) is 34.4 Å². The van der Waals surface area contributed by atoms with Gasteiger partial charge in [-0.1, -0.05) is 12.2 Å². The van der Waals surface area contributed by atoms with Gasteiger partial charge >= 0.3 is 0 Å². The highest BCUT2D eigenvalue weighted by Crippen LogP contribution is 2.33. The second-order valence-corrected chi connectivity index (χ2v) is 7.57. The molecule has 1 aliphatic heterocycles. The van der Waals surface area contributed by atoms with Crippen LogP contribution in [0.4, 0.5) is 17.5 Å². The minimum Gasteiger partial charge on any atom is -0.497 e. The van der Waals surface area contributed by atoms with Crippen molar-refractivity contribution in [2.45, 2.75) is 12.8 Å². The van der Waals surface area contributed by atoms with Crippen LogP contribution in [0.3, 0.4) is 0 Å². The summed E-state index contributed by atoms with van der Waals surface area (Å²) in [7, 11) is 3.22. The highest BCUT2D eigenvalue weighted by Gasteiger charge is 2.24. The molecule has 0 radical (unpaired) electrons. The Morgan fingerprint density at radius 3 is 2.66 bits per heavy atom. The van der Waals surface area contributed by atoms with Crippen LogP contribution in [0.2, 0.25) is 0 Å². The number of hydrogen-bond donors (Lipinski definition) is 2. The first kappa shape index (κ1) is 22.1. The van der Waals surface area contributed by atoms with E-state index in [9.17, 15) is 0 Å². The SMILES string of the molecule is COc1cc(Nc2ncccc2-c2nnc(N(C3=CC=CCC3)C3=COC=CO3)[nH]2)cc(OC)c1. The molecule has 0 fully saturated rings. The van der Waals surface area contributed by atoms with E-state index in [0.717, 1.165) is 29.8 Å². The molecule has 3 heterocycles. The molecule has 1 aliphatic carbocycles. The first-order valence-corrected chi connectivity index (χ1v) is 11.0. The van der Waals surface area contributed by atoms with Crippen LogP contribution in [0.5, 0.6) is 11.5 Å². The number of anilines is 3. The van der Waals surface area contributed by atoms with Gasteiger partial charge in [0.05, 0.1) is 19.8 Å². The second-order valence-electron chi connectivity index (χ2n) is 7.57. The van der Waals surface area contributed by atoms with Crippen molar-refractivity contribution in [3.05, 3.63) is 85.1 Å². The predicted octanol–water partition coefficient (Wildman–Crippen LogP) is 4.98. The summed E-state index contributed by atoms with van der Waals surface area (Å²) in [4.78, 5) is 9.67. The Balaban J connectivity index is 1.48. The highest BCUT2D eigenvalue weighted by atomic mass is 16.5. The molecule has 3 aromatic rings. The average Bonchev–Trinajstić information content (AvgIpc) is 3.39. The molecule has 10 heteroatoms. The smallest absolute Gasteiger partial charge is 0.242 e. The van der Waals surface area contributed by atoms with Crippen LogP contribution >= 0.6 is 0 Å². The molecule has 0 amide bonds. The van der Waals surface area contributed by atoms with Crippen molar-refractivity contribution in [3.8, 4) is 22.9 Å². The molecule has 0 spiro atoms. The molecule has 178 valence electrons. The summed E-state index contributed by atoms with van der Waals surface area (Å²) in [6.45, 7) is 0. The molecular formula is C25H24N6O4. The molecule has 0 saturated carbocycles. The fourth-order valence-electron chi connectivity index (χ4n) is 3.71. The van der Waals surface area contributed by atoms with Gasteiger partial charge in [-0.15, -0.1) is 10.2 Å². The Morgan fingerprint density at radius 1 is 1.09 bits per heavy atom. The topological polar surface area (TPSA) is 107 Å². The van der Waals surface area contributed by atoms with Crippen molar-refractivity contribution in [1.82, 2.24) is 20.2 Å². The number of rotatable bonds is 8. The summed E-state index contributed by atoms with van der Waals surface area (Å²) in [5, 5.41) is 12.1. The number of methoxy groups -OCH3 is 2. The monoisotopic (exact) mass is 472 g/mol. The van der Waals surface area contributed by atoms with Crippen molar-refractivity contribution in [3.63, 3.8) is 0 Å². The van der Waals surface area contributed by atoms with Crippen LogP contribution in [0.25, 0.3) is 11.4 Å². The normalized spacial score (nSPS) is 14.3. The summed E-state index contributed by atoms with van der Waals surface area (Å²) in [5.41, 5.74) is 2.49. The number of allylic oxidation sites excluding steroid dienone is 4. The summed E-state index contributed by atoms with van der Waals surface area (Å²) in [6.07, 6.45) is 14.0. The Kier molecular flexibility index (Phi) is 6.33. The fourth-order valence-corrected chi connectivity index (χ4v) is 3.71. The van der Waals surface area contributed by atoms with Crippen LogP contribution < -0.4 is 19.7 Å². The van der Waals surface area contributed by atoms with E-state index in [0.29, 0.717) is 35.0 Å². The molecule has 5 rings (SSSR count). The molecule has 2 aromatic heterocycles. The van der Waals surface area contributed by atoms with Gasteiger partial charge in [-0.05, 0) is 31.1 Å². The number of benzene rings is 1. The van der Waals surface area contributed by atoms with Gasteiger partial charge in [-0.2, -0.15) is 0 Å². The number of H-pyrrole nitrogens is 1. The molecule has 0 bridgehead atoms. The van der Waals surface area contributed by atoms with Crippen molar-refractivity contribution in [2.75, 3.05) is 24.4 Å². The highest BCUT2D eigenvalue weighted by molar-refractivity contribution is 5.75. The van der Waals surface area contributed by atoms with Crippen LogP contribution in [0.15, 0.2) is 85.1 Å². The Labute approximate surface area is 202 Å². The number of pyridine rings is 1. The molecule has 35 heavy (non-hydrogen) atoms.